The molecule has 0 saturated carbocycles. The van der Waals surface area contributed by atoms with Gasteiger partial charge in [-0.2, -0.15) is 0 Å². The van der Waals surface area contributed by atoms with Crippen LogP contribution in [0.5, 0.6) is 0 Å². The Labute approximate surface area is 92.3 Å². The molecule has 0 radical (unpaired) electrons. The number of esters is 1. The van der Waals surface area contributed by atoms with Crippen molar-refractivity contribution >= 4 is 5.97 Å². The average Bonchev–Trinajstić information content (AvgIpc) is 2.15. The van der Waals surface area contributed by atoms with Gasteiger partial charge >= 0.3 is 5.97 Å². The van der Waals surface area contributed by atoms with Crippen LogP contribution in [0.2, 0.25) is 0 Å². The monoisotopic (exact) mass is 217 g/mol. The second-order valence-electron chi connectivity index (χ2n) is 4.57. The second-order valence-corrected chi connectivity index (χ2v) is 4.57. The molecule has 0 amide bonds. The normalized spacial score (nSPS) is 14.1. The van der Waals surface area contributed by atoms with Crippen LogP contribution in [0, 0.1) is 5.92 Å². The van der Waals surface area contributed by atoms with Gasteiger partial charge in [0.1, 0.15) is 5.54 Å². The van der Waals surface area contributed by atoms with Crippen LogP contribution in [0.25, 0.3) is 0 Å². The minimum absolute atomic E-state index is 0.143. The van der Waals surface area contributed by atoms with Crippen molar-refractivity contribution in [2.75, 3.05) is 20.8 Å². The number of carbonyl (C=O) groups is 1. The van der Waals surface area contributed by atoms with E-state index >= 15 is 0 Å². The zero-order valence-corrected chi connectivity index (χ0v) is 10.6. The third-order valence-electron chi connectivity index (χ3n) is 2.39. The highest BCUT2D eigenvalue weighted by molar-refractivity contribution is 5.79. The molecule has 1 unspecified atom stereocenters. The van der Waals surface area contributed by atoms with Crippen molar-refractivity contribution in [3.8, 4) is 0 Å². The minimum Gasteiger partial charge on any atom is -0.468 e. The van der Waals surface area contributed by atoms with Crippen molar-refractivity contribution in [2.45, 2.75) is 39.3 Å². The molecule has 1 atom stereocenters. The van der Waals surface area contributed by atoms with Gasteiger partial charge in [-0.1, -0.05) is 13.8 Å². The Kier molecular flexibility index (Phi) is 5.83. The molecule has 0 aliphatic heterocycles. The summed E-state index contributed by atoms with van der Waals surface area (Å²) in [7, 11) is 3.05. The van der Waals surface area contributed by atoms with E-state index in [0.717, 1.165) is 0 Å². The maximum Gasteiger partial charge on any atom is 0.325 e. The number of hydrogen-bond donors (Lipinski definition) is 1. The number of ether oxygens (including phenoxy) is 2. The summed E-state index contributed by atoms with van der Waals surface area (Å²) in [6.07, 6.45) is 0. The Bertz CT molecular complexity index is 202. The fourth-order valence-electron chi connectivity index (χ4n) is 1.36. The Morgan fingerprint density at radius 1 is 1.33 bits per heavy atom. The largest absolute Gasteiger partial charge is 0.468 e. The topological polar surface area (TPSA) is 47.6 Å². The zero-order chi connectivity index (χ0) is 12.1. The molecule has 0 aromatic heterocycles. The molecule has 90 valence electrons. The van der Waals surface area contributed by atoms with Crippen LogP contribution in [-0.2, 0) is 14.3 Å². The molecule has 15 heavy (non-hydrogen) atoms. The predicted octanol–water partition coefficient (Wildman–Crippen LogP) is 1.20. The highest BCUT2D eigenvalue weighted by Gasteiger charge is 2.31. The summed E-state index contributed by atoms with van der Waals surface area (Å²) in [6, 6.07) is 0.143. The van der Waals surface area contributed by atoms with Gasteiger partial charge in [0.15, 0.2) is 0 Å². The number of hydrogen-bond acceptors (Lipinski definition) is 4. The zero-order valence-electron chi connectivity index (χ0n) is 10.6. The van der Waals surface area contributed by atoms with Crippen LogP contribution in [0.3, 0.4) is 0 Å². The van der Waals surface area contributed by atoms with Gasteiger partial charge in [0.2, 0.25) is 0 Å². The minimum atomic E-state index is -0.678. The van der Waals surface area contributed by atoms with E-state index in [1.165, 1.54) is 7.11 Å². The first-order chi connectivity index (χ1) is 6.85. The van der Waals surface area contributed by atoms with E-state index in [2.05, 4.69) is 19.2 Å². The maximum absolute atomic E-state index is 11.5. The van der Waals surface area contributed by atoms with Gasteiger partial charge < -0.3 is 9.47 Å². The lowest BCUT2D eigenvalue weighted by Crippen LogP contribution is -2.55. The first-order valence-electron chi connectivity index (χ1n) is 5.20. The lowest BCUT2D eigenvalue weighted by molar-refractivity contribution is -0.147. The smallest absolute Gasteiger partial charge is 0.325 e. The van der Waals surface area contributed by atoms with Gasteiger partial charge in [-0.15, -0.1) is 0 Å². The van der Waals surface area contributed by atoms with Crippen LogP contribution in [0.15, 0.2) is 0 Å². The van der Waals surface area contributed by atoms with Gasteiger partial charge in [-0.25, -0.2) is 0 Å². The van der Waals surface area contributed by atoms with Gasteiger partial charge in [-0.05, 0) is 19.8 Å². The molecule has 0 fully saturated rings. The standard InChI is InChI=1S/C11H23NO3/c1-8(2)9(7-14-5)12-11(3,4)10(13)15-6/h8-9,12H,7H2,1-6H3. The molecule has 0 bridgehead atoms. The number of methoxy groups -OCH3 is 2. The van der Waals surface area contributed by atoms with E-state index in [1.54, 1.807) is 7.11 Å². The first-order valence-corrected chi connectivity index (χ1v) is 5.20. The van der Waals surface area contributed by atoms with Crippen LogP contribution in [0.4, 0.5) is 0 Å². The fourth-order valence-corrected chi connectivity index (χ4v) is 1.36. The summed E-state index contributed by atoms with van der Waals surface area (Å²) in [4.78, 5) is 11.5. The molecular formula is C11H23NO3. The quantitative estimate of drug-likeness (QED) is 0.679. The Balaban J connectivity index is 4.44. The maximum atomic E-state index is 11.5. The van der Waals surface area contributed by atoms with Gasteiger partial charge in [0.05, 0.1) is 13.7 Å². The highest BCUT2D eigenvalue weighted by Crippen LogP contribution is 2.11. The van der Waals surface area contributed by atoms with Crippen LogP contribution < -0.4 is 5.32 Å². The fraction of sp³-hybridized carbons (Fsp3) is 0.909. The SMILES string of the molecule is COCC(NC(C)(C)C(=O)OC)C(C)C. The molecule has 0 saturated heterocycles. The molecule has 4 nitrogen and oxygen atoms in total. The summed E-state index contributed by atoms with van der Waals surface area (Å²) in [5.74, 6) is 0.137. The lowest BCUT2D eigenvalue weighted by Gasteiger charge is -2.31. The number of carbonyl (C=O) groups excluding carboxylic acids is 1. The van der Waals surface area contributed by atoms with Gasteiger partial charge in [0, 0.05) is 13.2 Å². The molecule has 0 aromatic rings. The van der Waals surface area contributed by atoms with Crippen molar-refractivity contribution in [2.24, 2.45) is 5.92 Å². The summed E-state index contributed by atoms with van der Waals surface area (Å²) in [5, 5.41) is 3.24. The highest BCUT2D eigenvalue weighted by atomic mass is 16.5. The molecule has 0 aromatic carbocycles. The molecule has 0 spiro atoms. The van der Waals surface area contributed by atoms with Crippen molar-refractivity contribution in [3.63, 3.8) is 0 Å². The van der Waals surface area contributed by atoms with E-state index < -0.39 is 5.54 Å². The molecule has 0 heterocycles. The lowest BCUT2D eigenvalue weighted by atomic mass is 9.99. The van der Waals surface area contributed by atoms with Crippen molar-refractivity contribution < 1.29 is 14.3 Å². The summed E-state index contributed by atoms with van der Waals surface area (Å²) in [5.41, 5.74) is -0.678. The van der Waals surface area contributed by atoms with Gasteiger partial charge in [0.25, 0.3) is 0 Å². The molecule has 1 N–H and O–H groups in total. The average molecular weight is 217 g/mol. The van der Waals surface area contributed by atoms with Crippen LogP contribution in [0.1, 0.15) is 27.7 Å². The molecule has 0 rings (SSSR count). The number of rotatable bonds is 6. The van der Waals surface area contributed by atoms with E-state index in [-0.39, 0.29) is 12.0 Å². The molecule has 0 aliphatic carbocycles. The molecule has 4 heteroatoms. The summed E-state index contributed by atoms with van der Waals surface area (Å²) < 4.78 is 9.84. The van der Waals surface area contributed by atoms with Crippen molar-refractivity contribution in [3.05, 3.63) is 0 Å². The van der Waals surface area contributed by atoms with Crippen molar-refractivity contribution in [1.29, 1.82) is 0 Å². The Hall–Kier alpha value is -0.610. The Morgan fingerprint density at radius 2 is 1.87 bits per heavy atom. The summed E-state index contributed by atoms with van der Waals surface area (Å²) >= 11 is 0. The number of nitrogens with one attached hydrogen (secondary N) is 1. The second kappa shape index (κ2) is 6.08. The third kappa shape index (κ3) is 4.62. The van der Waals surface area contributed by atoms with Crippen LogP contribution in [-0.4, -0.2) is 38.4 Å². The Morgan fingerprint density at radius 3 is 2.20 bits per heavy atom. The molecule has 0 aliphatic rings. The molecular weight excluding hydrogens is 194 g/mol. The van der Waals surface area contributed by atoms with E-state index in [1.807, 2.05) is 13.8 Å². The van der Waals surface area contributed by atoms with E-state index in [9.17, 15) is 4.79 Å². The third-order valence-corrected chi connectivity index (χ3v) is 2.39. The first kappa shape index (κ1) is 14.4. The van der Waals surface area contributed by atoms with E-state index in [4.69, 9.17) is 9.47 Å². The van der Waals surface area contributed by atoms with Crippen LogP contribution >= 0.6 is 0 Å². The van der Waals surface area contributed by atoms with E-state index in [0.29, 0.717) is 12.5 Å². The predicted molar refractivity (Wildman–Crippen MR) is 59.7 cm³/mol. The van der Waals surface area contributed by atoms with Crippen molar-refractivity contribution in [1.82, 2.24) is 5.32 Å². The van der Waals surface area contributed by atoms with Gasteiger partial charge in [-0.3, -0.25) is 10.1 Å². The summed E-state index contributed by atoms with van der Waals surface area (Å²) in [6.45, 7) is 8.37.